The molecule has 2 atom stereocenters. The molecule has 0 aliphatic carbocycles. The second-order valence-corrected chi connectivity index (χ2v) is 5.09. The number of piperidine rings is 1. The largest absolute Gasteiger partial charge is 0.480 e. The summed E-state index contributed by atoms with van der Waals surface area (Å²) in [5.41, 5.74) is 0. The van der Waals surface area contributed by atoms with Gasteiger partial charge in [0.05, 0.1) is 6.61 Å². The van der Waals surface area contributed by atoms with E-state index in [0.717, 1.165) is 12.8 Å². The number of carbonyl (C=O) groups excluding carboxylic acids is 2. The standard InChI is InChI=1S/C14H24N2O5/c1-3-7-10(12(17)18)15-14(20)16-9-6-5-8-11(16)13(19)21-4-2/h10-11H,3-9H2,1-2H3,(H,15,20)(H,17,18)/t10-,11?/m1/s1. The Labute approximate surface area is 124 Å². The van der Waals surface area contributed by atoms with Gasteiger partial charge >= 0.3 is 18.0 Å². The average Bonchev–Trinajstić information content (AvgIpc) is 2.46. The van der Waals surface area contributed by atoms with Gasteiger partial charge in [-0.25, -0.2) is 14.4 Å². The molecule has 2 amide bonds. The van der Waals surface area contributed by atoms with Crippen LogP contribution in [0.25, 0.3) is 0 Å². The van der Waals surface area contributed by atoms with E-state index in [4.69, 9.17) is 9.84 Å². The van der Waals surface area contributed by atoms with Gasteiger partial charge in [0.2, 0.25) is 0 Å². The zero-order valence-corrected chi connectivity index (χ0v) is 12.6. The van der Waals surface area contributed by atoms with Gasteiger partial charge in [0.25, 0.3) is 0 Å². The highest BCUT2D eigenvalue weighted by Gasteiger charge is 2.34. The maximum Gasteiger partial charge on any atom is 0.328 e. The minimum atomic E-state index is -1.06. The molecular weight excluding hydrogens is 276 g/mol. The predicted octanol–water partition coefficient (Wildman–Crippen LogP) is 1.37. The molecule has 0 aromatic carbocycles. The molecule has 21 heavy (non-hydrogen) atoms. The third-order valence-electron chi connectivity index (χ3n) is 3.50. The van der Waals surface area contributed by atoms with Crippen molar-refractivity contribution in [3.8, 4) is 0 Å². The van der Waals surface area contributed by atoms with E-state index in [1.165, 1.54) is 4.90 Å². The summed E-state index contributed by atoms with van der Waals surface area (Å²) in [7, 11) is 0. The zero-order valence-electron chi connectivity index (χ0n) is 12.6. The van der Waals surface area contributed by atoms with Crippen molar-refractivity contribution in [1.82, 2.24) is 10.2 Å². The number of hydrogen-bond acceptors (Lipinski definition) is 4. The van der Waals surface area contributed by atoms with Crippen LogP contribution in [0.1, 0.15) is 46.0 Å². The second kappa shape index (κ2) is 8.49. The Bertz CT molecular complexity index is 386. The molecule has 1 saturated heterocycles. The van der Waals surface area contributed by atoms with E-state index in [0.29, 0.717) is 25.8 Å². The van der Waals surface area contributed by atoms with Gasteiger partial charge in [0.1, 0.15) is 12.1 Å². The maximum atomic E-state index is 12.3. The Hall–Kier alpha value is -1.79. The highest BCUT2D eigenvalue weighted by molar-refractivity contribution is 5.86. The third kappa shape index (κ3) is 4.91. The predicted molar refractivity (Wildman–Crippen MR) is 75.8 cm³/mol. The van der Waals surface area contributed by atoms with E-state index in [1.807, 2.05) is 6.92 Å². The van der Waals surface area contributed by atoms with Crippen LogP contribution in [-0.2, 0) is 14.3 Å². The van der Waals surface area contributed by atoms with Crippen molar-refractivity contribution >= 4 is 18.0 Å². The number of nitrogens with zero attached hydrogens (tertiary/aromatic N) is 1. The number of nitrogens with one attached hydrogen (secondary N) is 1. The van der Waals surface area contributed by atoms with Gasteiger partial charge in [-0.05, 0) is 32.6 Å². The first-order valence-corrected chi connectivity index (χ1v) is 7.47. The van der Waals surface area contributed by atoms with Crippen molar-refractivity contribution in [1.29, 1.82) is 0 Å². The minimum absolute atomic E-state index is 0.262. The highest BCUT2D eigenvalue weighted by Crippen LogP contribution is 2.18. The van der Waals surface area contributed by atoms with Gasteiger partial charge in [0, 0.05) is 6.54 Å². The first kappa shape index (κ1) is 17.3. The van der Waals surface area contributed by atoms with E-state index in [2.05, 4.69) is 5.32 Å². The van der Waals surface area contributed by atoms with Crippen molar-refractivity contribution in [2.24, 2.45) is 0 Å². The van der Waals surface area contributed by atoms with Gasteiger partial charge in [-0.15, -0.1) is 0 Å². The van der Waals surface area contributed by atoms with Crippen LogP contribution in [0.2, 0.25) is 0 Å². The topological polar surface area (TPSA) is 95.9 Å². The van der Waals surface area contributed by atoms with Crippen LogP contribution in [-0.4, -0.2) is 53.2 Å². The van der Waals surface area contributed by atoms with Gasteiger partial charge in [-0.3, -0.25) is 0 Å². The summed E-state index contributed by atoms with van der Waals surface area (Å²) >= 11 is 0. The average molecular weight is 300 g/mol. The van der Waals surface area contributed by atoms with Crippen LogP contribution >= 0.6 is 0 Å². The zero-order chi connectivity index (χ0) is 15.8. The normalized spacial score (nSPS) is 19.7. The molecule has 7 heteroatoms. The third-order valence-corrected chi connectivity index (χ3v) is 3.50. The lowest BCUT2D eigenvalue weighted by Gasteiger charge is -2.34. The Balaban J connectivity index is 2.72. The van der Waals surface area contributed by atoms with Gasteiger partial charge in [-0.2, -0.15) is 0 Å². The first-order chi connectivity index (χ1) is 10.0. The molecule has 1 unspecified atom stereocenters. The molecule has 1 heterocycles. The summed E-state index contributed by atoms with van der Waals surface area (Å²) in [6, 6.07) is -2.05. The number of esters is 1. The fourth-order valence-electron chi connectivity index (χ4n) is 2.44. The molecule has 0 saturated carbocycles. The van der Waals surface area contributed by atoms with Gasteiger partial charge in [-0.1, -0.05) is 13.3 Å². The Morgan fingerprint density at radius 1 is 1.33 bits per heavy atom. The first-order valence-electron chi connectivity index (χ1n) is 7.47. The molecule has 1 rings (SSSR count). The number of urea groups is 1. The van der Waals surface area contributed by atoms with Gasteiger partial charge < -0.3 is 20.1 Å². The number of likely N-dealkylation sites (tertiary alicyclic amines) is 1. The summed E-state index contributed by atoms with van der Waals surface area (Å²) in [5.74, 6) is -1.48. The fourth-order valence-corrected chi connectivity index (χ4v) is 2.44. The van der Waals surface area contributed by atoms with Crippen LogP contribution in [0, 0.1) is 0 Å². The molecule has 7 nitrogen and oxygen atoms in total. The Kier molecular flexibility index (Phi) is 6.98. The summed E-state index contributed by atoms with van der Waals surface area (Å²) < 4.78 is 4.98. The van der Waals surface area contributed by atoms with E-state index in [1.54, 1.807) is 6.92 Å². The fraction of sp³-hybridized carbons (Fsp3) is 0.786. The molecular formula is C14H24N2O5. The quantitative estimate of drug-likeness (QED) is 0.722. The smallest absolute Gasteiger partial charge is 0.328 e. The van der Waals surface area contributed by atoms with E-state index >= 15 is 0 Å². The second-order valence-electron chi connectivity index (χ2n) is 5.09. The van der Waals surface area contributed by atoms with Gasteiger partial charge in [0.15, 0.2) is 0 Å². The monoisotopic (exact) mass is 300 g/mol. The van der Waals surface area contributed by atoms with Crippen molar-refractivity contribution in [3.05, 3.63) is 0 Å². The summed E-state index contributed by atoms with van der Waals surface area (Å²) in [5, 5.41) is 11.6. The van der Waals surface area contributed by atoms with Crippen LogP contribution < -0.4 is 5.32 Å². The summed E-state index contributed by atoms with van der Waals surface area (Å²) in [6.07, 6.45) is 3.22. The lowest BCUT2D eigenvalue weighted by atomic mass is 10.0. The Morgan fingerprint density at radius 2 is 2.05 bits per heavy atom. The van der Waals surface area contributed by atoms with E-state index < -0.39 is 30.1 Å². The minimum Gasteiger partial charge on any atom is -0.480 e. The molecule has 1 aliphatic heterocycles. The SMILES string of the molecule is CCC[C@@H](NC(=O)N1CCCCC1C(=O)OCC)C(=O)O. The van der Waals surface area contributed by atoms with Crippen LogP contribution in [0.3, 0.4) is 0 Å². The summed E-state index contributed by atoms with van der Waals surface area (Å²) in [6.45, 7) is 4.27. The highest BCUT2D eigenvalue weighted by atomic mass is 16.5. The molecule has 1 fully saturated rings. The number of amides is 2. The van der Waals surface area contributed by atoms with Crippen molar-refractivity contribution in [2.75, 3.05) is 13.2 Å². The number of carboxylic acid groups (broad SMARTS) is 1. The van der Waals surface area contributed by atoms with Crippen molar-refractivity contribution < 1.29 is 24.2 Å². The molecule has 0 radical (unpaired) electrons. The molecule has 0 aromatic rings. The van der Waals surface area contributed by atoms with Crippen molar-refractivity contribution in [3.63, 3.8) is 0 Å². The molecule has 2 N–H and O–H groups in total. The van der Waals surface area contributed by atoms with Crippen LogP contribution in [0.15, 0.2) is 0 Å². The van der Waals surface area contributed by atoms with E-state index in [9.17, 15) is 14.4 Å². The molecule has 0 bridgehead atoms. The number of rotatable bonds is 6. The molecule has 0 spiro atoms. The molecule has 120 valence electrons. The lowest BCUT2D eigenvalue weighted by Crippen LogP contribution is -2.55. The maximum absolute atomic E-state index is 12.3. The van der Waals surface area contributed by atoms with E-state index in [-0.39, 0.29) is 6.61 Å². The summed E-state index contributed by atoms with van der Waals surface area (Å²) in [4.78, 5) is 36.6. The van der Waals surface area contributed by atoms with Crippen LogP contribution in [0.5, 0.6) is 0 Å². The number of hydrogen-bond donors (Lipinski definition) is 2. The van der Waals surface area contributed by atoms with Crippen LogP contribution in [0.4, 0.5) is 4.79 Å². The number of ether oxygens (including phenoxy) is 1. The molecule has 0 aromatic heterocycles. The Morgan fingerprint density at radius 3 is 2.62 bits per heavy atom. The number of aliphatic carboxylic acids is 1. The van der Waals surface area contributed by atoms with Crippen molar-refractivity contribution in [2.45, 2.75) is 58.0 Å². The molecule has 1 aliphatic rings. The lowest BCUT2D eigenvalue weighted by molar-refractivity contribution is -0.149. The number of carboxylic acids is 1. The number of carbonyl (C=O) groups is 3.